The van der Waals surface area contributed by atoms with Crippen molar-refractivity contribution in [2.24, 2.45) is 0 Å². The van der Waals surface area contributed by atoms with Gasteiger partial charge < -0.3 is 10.0 Å². The Bertz CT molecular complexity index is 388. The van der Waals surface area contributed by atoms with Crippen molar-refractivity contribution in [1.82, 2.24) is 4.98 Å². The van der Waals surface area contributed by atoms with Crippen LogP contribution in [-0.4, -0.2) is 22.7 Å². The van der Waals surface area contributed by atoms with Crippen LogP contribution in [0, 0.1) is 0 Å². The van der Waals surface area contributed by atoms with Crippen molar-refractivity contribution in [3.05, 3.63) is 36.0 Å². The van der Waals surface area contributed by atoms with Crippen molar-refractivity contribution in [3.8, 4) is 0 Å². The molecule has 0 saturated carbocycles. The van der Waals surface area contributed by atoms with Gasteiger partial charge in [-0.2, -0.15) is 0 Å². The van der Waals surface area contributed by atoms with E-state index in [1.165, 1.54) is 0 Å². The maximum Gasteiger partial charge on any atom is 0.129 e. The number of rotatable bonds is 7. The second-order valence-corrected chi connectivity index (χ2v) is 4.77. The fraction of sp³-hybridized carbons (Fsp3) is 0.533. The van der Waals surface area contributed by atoms with E-state index in [9.17, 15) is 5.11 Å². The highest BCUT2D eigenvalue weighted by Crippen LogP contribution is 2.18. The number of hydrogen-bond acceptors (Lipinski definition) is 3. The van der Waals surface area contributed by atoms with Crippen LogP contribution in [0.15, 0.2) is 24.8 Å². The first-order chi connectivity index (χ1) is 8.62. The lowest BCUT2D eigenvalue weighted by atomic mass is 10.1. The molecular formula is C15H24N2O. The fourth-order valence-corrected chi connectivity index (χ4v) is 1.96. The first-order valence-electron chi connectivity index (χ1n) is 6.60. The summed E-state index contributed by atoms with van der Waals surface area (Å²) in [6.07, 6.45) is 3.89. The Hall–Kier alpha value is -1.35. The Morgan fingerprint density at radius 2 is 2.17 bits per heavy atom. The number of aryl methyl sites for hydroxylation is 1. The number of aliphatic hydroxyl groups is 1. The Morgan fingerprint density at radius 1 is 1.44 bits per heavy atom. The molecule has 0 aliphatic carbocycles. The average Bonchev–Trinajstić information content (AvgIpc) is 2.35. The van der Waals surface area contributed by atoms with E-state index in [4.69, 9.17) is 0 Å². The van der Waals surface area contributed by atoms with Crippen molar-refractivity contribution < 1.29 is 5.11 Å². The third-order valence-electron chi connectivity index (χ3n) is 2.86. The lowest BCUT2D eigenvalue weighted by Gasteiger charge is -2.27. The molecule has 0 saturated heterocycles. The number of hydrogen-bond donors (Lipinski definition) is 1. The Kier molecular flexibility index (Phi) is 5.86. The van der Waals surface area contributed by atoms with Crippen LogP contribution in [0.4, 0.5) is 5.82 Å². The predicted molar refractivity (Wildman–Crippen MR) is 76.8 cm³/mol. The highest BCUT2D eigenvalue weighted by atomic mass is 16.3. The van der Waals surface area contributed by atoms with E-state index in [1.54, 1.807) is 0 Å². The van der Waals surface area contributed by atoms with Gasteiger partial charge in [0.15, 0.2) is 0 Å². The maximum atomic E-state index is 9.34. The molecule has 0 radical (unpaired) electrons. The van der Waals surface area contributed by atoms with Gasteiger partial charge >= 0.3 is 0 Å². The maximum absolute atomic E-state index is 9.34. The van der Waals surface area contributed by atoms with Gasteiger partial charge in [0.25, 0.3) is 0 Å². The molecule has 1 heterocycles. The number of anilines is 1. The lowest BCUT2D eigenvalue weighted by Crippen LogP contribution is -2.31. The third kappa shape index (κ3) is 3.84. The van der Waals surface area contributed by atoms with Crippen LogP contribution < -0.4 is 4.90 Å². The predicted octanol–water partition coefficient (Wildman–Crippen LogP) is 2.93. The summed E-state index contributed by atoms with van der Waals surface area (Å²) in [6.45, 7) is 11.0. The van der Waals surface area contributed by atoms with Crippen LogP contribution in [0.5, 0.6) is 0 Å². The molecule has 1 aromatic heterocycles. The Labute approximate surface area is 110 Å². The van der Waals surface area contributed by atoms with Crippen molar-refractivity contribution in [1.29, 1.82) is 0 Å². The van der Waals surface area contributed by atoms with Crippen molar-refractivity contribution in [2.75, 3.05) is 11.4 Å². The molecule has 0 fully saturated rings. The molecule has 0 aliphatic rings. The summed E-state index contributed by atoms with van der Waals surface area (Å²) in [5.74, 6) is 0.930. The summed E-state index contributed by atoms with van der Waals surface area (Å²) in [4.78, 5) is 6.86. The van der Waals surface area contributed by atoms with Crippen LogP contribution in [0.1, 0.15) is 38.4 Å². The molecule has 0 atom stereocenters. The van der Waals surface area contributed by atoms with Crippen LogP contribution in [0.3, 0.4) is 0 Å². The summed E-state index contributed by atoms with van der Waals surface area (Å²) in [7, 11) is 0. The standard InChI is InChI=1S/C15H24N2O/c1-5-7-14-9-13(11-18)10-15(16-14)17(8-6-2)12(3)4/h6,9-10,12,18H,2,5,7-8,11H2,1,3-4H3. The molecular weight excluding hydrogens is 224 g/mol. The minimum Gasteiger partial charge on any atom is -0.392 e. The average molecular weight is 248 g/mol. The zero-order valence-corrected chi connectivity index (χ0v) is 11.7. The van der Waals surface area contributed by atoms with E-state index < -0.39 is 0 Å². The van der Waals surface area contributed by atoms with Crippen molar-refractivity contribution in [3.63, 3.8) is 0 Å². The quantitative estimate of drug-likeness (QED) is 0.754. The molecule has 100 valence electrons. The van der Waals surface area contributed by atoms with Crippen LogP contribution in [0.2, 0.25) is 0 Å². The minimum absolute atomic E-state index is 0.0618. The zero-order chi connectivity index (χ0) is 13.5. The zero-order valence-electron chi connectivity index (χ0n) is 11.7. The van der Waals surface area contributed by atoms with Crippen LogP contribution in [0.25, 0.3) is 0 Å². The number of aliphatic hydroxyl groups excluding tert-OH is 1. The Balaban J connectivity index is 3.11. The molecule has 18 heavy (non-hydrogen) atoms. The topological polar surface area (TPSA) is 36.4 Å². The van der Waals surface area contributed by atoms with E-state index in [2.05, 4.69) is 37.2 Å². The molecule has 3 nitrogen and oxygen atoms in total. The summed E-state index contributed by atoms with van der Waals surface area (Å²) < 4.78 is 0. The summed E-state index contributed by atoms with van der Waals surface area (Å²) in [6, 6.07) is 4.31. The van der Waals surface area contributed by atoms with Crippen LogP contribution in [-0.2, 0) is 13.0 Å². The van der Waals surface area contributed by atoms with E-state index in [1.807, 2.05) is 18.2 Å². The number of pyridine rings is 1. The van der Waals surface area contributed by atoms with Crippen LogP contribution >= 0.6 is 0 Å². The normalized spacial score (nSPS) is 10.7. The largest absolute Gasteiger partial charge is 0.392 e. The molecule has 0 spiro atoms. The minimum atomic E-state index is 0.0618. The highest BCUT2D eigenvalue weighted by molar-refractivity contribution is 5.44. The third-order valence-corrected chi connectivity index (χ3v) is 2.86. The summed E-state index contributed by atoms with van der Waals surface area (Å²) in [5, 5.41) is 9.34. The van der Waals surface area contributed by atoms with E-state index in [-0.39, 0.29) is 6.61 Å². The van der Waals surface area contributed by atoms with Gasteiger partial charge in [0.05, 0.1) is 6.61 Å². The van der Waals surface area contributed by atoms with Gasteiger partial charge in [0.1, 0.15) is 5.82 Å². The van der Waals surface area contributed by atoms with Crippen molar-refractivity contribution in [2.45, 2.75) is 46.3 Å². The van der Waals surface area contributed by atoms with Gasteiger partial charge in [-0.15, -0.1) is 6.58 Å². The molecule has 1 N–H and O–H groups in total. The molecule has 1 aromatic rings. The summed E-state index contributed by atoms with van der Waals surface area (Å²) >= 11 is 0. The van der Waals surface area contributed by atoms with Gasteiger partial charge in [-0.1, -0.05) is 19.4 Å². The highest BCUT2D eigenvalue weighted by Gasteiger charge is 2.12. The molecule has 3 heteroatoms. The first kappa shape index (κ1) is 14.7. The SMILES string of the molecule is C=CCN(c1cc(CO)cc(CCC)n1)C(C)C. The fourth-order valence-electron chi connectivity index (χ4n) is 1.96. The van der Waals surface area contributed by atoms with E-state index >= 15 is 0 Å². The number of aromatic nitrogens is 1. The lowest BCUT2D eigenvalue weighted by molar-refractivity contribution is 0.281. The first-order valence-corrected chi connectivity index (χ1v) is 6.60. The Morgan fingerprint density at radius 3 is 2.67 bits per heavy atom. The van der Waals surface area contributed by atoms with E-state index in [0.29, 0.717) is 6.04 Å². The van der Waals surface area contributed by atoms with Gasteiger partial charge in [-0.3, -0.25) is 0 Å². The second kappa shape index (κ2) is 7.17. The van der Waals surface area contributed by atoms with Gasteiger partial charge in [-0.05, 0) is 38.0 Å². The summed E-state index contributed by atoms with van der Waals surface area (Å²) in [5.41, 5.74) is 1.98. The molecule has 0 bridgehead atoms. The van der Waals surface area contributed by atoms with Gasteiger partial charge in [0.2, 0.25) is 0 Å². The molecule has 1 rings (SSSR count). The smallest absolute Gasteiger partial charge is 0.129 e. The monoisotopic (exact) mass is 248 g/mol. The van der Waals surface area contributed by atoms with E-state index in [0.717, 1.165) is 36.5 Å². The molecule has 0 amide bonds. The van der Waals surface area contributed by atoms with Gasteiger partial charge in [-0.25, -0.2) is 4.98 Å². The molecule has 0 unspecified atom stereocenters. The molecule has 0 aliphatic heterocycles. The second-order valence-electron chi connectivity index (χ2n) is 4.77. The van der Waals surface area contributed by atoms with Gasteiger partial charge in [0, 0.05) is 18.3 Å². The molecule has 0 aromatic carbocycles. The van der Waals surface area contributed by atoms with Crippen molar-refractivity contribution >= 4 is 5.82 Å². The number of nitrogens with zero attached hydrogens (tertiary/aromatic N) is 2.